The molecule has 14 heavy (non-hydrogen) atoms. The highest BCUT2D eigenvalue weighted by Gasteiger charge is 2.12. The van der Waals surface area contributed by atoms with Crippen molar-refractivity contribution in [1.29, 1.82) is 5.26 Å². The molecule has 0 aliphatic carbocycles. The van der Waals surface area contributed by atoms with Crippen LogP contribution in [0.3, 0.4) is 0 Å². The van der Waals surface area contributed by atoms with Crippen LogP contribution in [0.15, 0.2) is 18.2 Å². The molecule has 2 nitrogen and oxygen atoms in total. The third-order valence-corrected chi connectivity index (χ3v) is 1.74. The topological polar surface area (TPSA) is 33.0 Å². The molecule has 0 amide bonds. The number of hydrogen-bond donors (Lipinski definition) is 0. The highest BCUT2D eigenvalue weighted by atomic mass is 16.5. The van der Waals surface area contributed by atoms with Crippen molar-refractivity contribution in [2.45, 2.75) is 33.3 Å². The third-order valence-electron chi connectivity index (χ3n) is 1.74. The maximum atomic E-state index is 8.75. The van der Waals surface area contributed by atoms with E-state index < -0.39 is 0 Å². The molecular formula is C12H15NO. The van der Waals surface area contributed by atoms with Crippen molar-refractivity contribution >= 4 is 0 Å². The summed E-state index contributed by atoms with van der Waals surface area (Å²) < 4.78 is 5.67. The Hall–Kier alpha value is -1.49. The quantitative estimate of drug-likeness (QED) is 0.680. The molecule has 0 fully saturated rings. The zero-order chi connectivity index (χ0) is 10.8. The Morgan fingerprint density at radius 2 is 1.93 bits per heavy atom. The van der Waals surface area contributed by atoms with Gasteiger partial charge >= 0.3 is 0 Å². The average molecular weight is 189 g/mol. The van der Waals surface area contributed by atoms with Gasteiger partial charge in [-0.1, -0.05) is 0 Å². The molecule has 0 aromatic heterocycles. The van der Waals surface area contributed by atoms with Crippen LogP contribution in [0, 0.1) is 18.3 Å². The predicted molar refractivity (Wildman–Crippen MR) is 56.3 cm³/mol. The minimum atomic E-state index is -0.194. The molecule has 0 bridgehead atoms. The van der Waals surface area contributed by atoms with Crippen LogP contribution in [0.4, 0.5) is 0 Å². The van der Waals surface area contributed by atoms with Crippen LogP contribution in [0.2, 0.25) is 0 Å². The van der Waals surface area contributed by atoms with E-state index in [4.69, 9.17) is 10.00 Å². The Balaban J connectivity index is 2.94. The second-order valence-electron chi connectivity index (χ2n) is 4.30. The first-order valence-electron chi connectivity index (χ1n) is 4.62. The lowest BCUT2D eigenvalue weighted by atomic mass is 10.1. The molecule has 0 aliphatic rings. The minimum Gasteiger partial charge on any atom is -0.488 e. The maximum Gasteiger partial charge on any atom is 0.120 e. The highest BCUT2D eigenvalue weighted by Crippen LogP contribution is 2.20. The summed E-state index contributed by atoms with van der Waals surface area (Å²) in [6.07, 6.45) is 0. The lowest BCUT2D eigenvalue weighted by Crippen LogP contribution is -2.22. The summed E-state index contributed by atoms with van der Waals surface area (Å²) in [5.74, 6) is 0.814. The van der Waals surface area contributed by atoms with Gasteiger partial charge < -0.3 is 4.74 Å². The molecule has 0 spiro atoms. The molecule has 1 rings (SSSR count). The largest absolute Gasteiger partial charge is 0.488 e. The van der Waals surface area contributed by atoms with Gasteiger partial charge in [-0.25, -0.2) is 0 Å². The van der Waals surface area contributed by atoms with Gasteiger partial charge in [0, 0.05) is 0 Å². The van der Waals surface area contributed by atoms with Crippen LogP contribution in [0.5, 0.6) is 5.75 Å². The van der Waals surface area contributed by atoms with Crippen molar-refractivity contribution in [3.05, 3.63) is 29.3 Å². The highest BCUT2D eigenvalue weighted by molar-refractivity contribution is 5.41. The molecule has 2 heteroatoms. The van der Waals surface area contributed by atoms with E-state index in [-0.39, 0.29) is 5.60 Å². The monoisotopic (exact) mass is 189 g/mol. The number of nitrogens with zero attached hydrogens (tertiary/aromatic N) is 1. The summed E-state index contributed by atoms with van der Waals surface area (Å²) >= 11 is 0. The molecule has 0 atom stereocenters. The van der Waals surface area contributed by atoms with Crippen LogP contribution < -0.4 is 4.74 Å². The first kappa shape index (κ1) is 10.6. The zero-order valence-corrected chi connectivity index (χ0v) is 9.09. The first-order valence-corrected chi connectivity index (χ1v) is 4.62. The van der Waals surface area contributed by atoms with Gasteiger partial charge in [0.15, 0.2) is 0 Å². The molecule has 0 unspecified atom stereocenters. The molecule has 0 N–H and O–H groups in total. The van der Waals surface area contributed by atoms with E-state index in [2.05, 4.69) is 6.07 Å². The fourth-order valence-electron chi connectivity index (χ4n) is 1.18. The third kappa shape index (κ3) is 2.77. The van der Waals surface area contributed by atoms with E-state index >= 15 is 0 Å². The van der Waals surface area contributed by atoms with Gasteiger partial charge in [0.1, 0.15) is 11.4 Å². The van der Waals surface area contributed by atoms with E-state index in [1.54, 1.807) is 6.07 Å². The van der Waals surface area contributed by atoms with Crippen molar-refractivity contribution in [3.63, 3.8) is 0 Å². The second kappa shape index (κ2) is 3.71. The van der Waals surface area contributed by atoms with Gasteiger partial charge in [-0.05, 0) is 51.5 Å². The molecule has 0 saturated heterocycles. The van der Waals surface area contributed by atoms with Crippen molar-refractivity contribution < 1.29 is 4.74 Å². The fourth-order valence-corrected chi connectivity index (χ4v) is 1.18. The molecule has 0 aliphatic heterocycles. The molecule has 1 aromatic carbocycles. The van der Waals surface area contributed by atoms with Gasteiger partial charge in [-0.3, -0.25) is 0 Å². The Morgan fingerprint density at radius 1 is 1.29 bits per heavy atom. The number of nitriles is 1. The van der Waals surface area contributed by atoms with E-state index in [1.165, 1.54) is 0 Å². The Bertz CT molecular complexity index is 369. The molecule has 0 radical (unpaired) electrons. The maximum absolute atomic E-state index is 8.75. The van der Waals surface area contributed by atoms with E-state index in [1.807, 2.05) is 39.8 Å². The smallest absolute Gasteiger partial charge is 0.120 e. The minimum absolute atomic E-state index is 0.194. The number of benzene rings is 1. The summed E-state index contributed by atoms with van der Waals surface area (Å²) in [6.45, 7) is 7.91. The first-order chi connectivity index (χ1) is 6.42. The second-order valence-corrected chi connectivity index (χ2v) is 4.30. The molecular weight excluding hydrogens is 174 g/mol. The lowest BCUT2D eigenvalue weighted by Gasteiger charge is -2.21. The van der Waals surface area contributed by atoms with Gasteiger partial charge in [-0.2, -0.15) is 5.26 Å². The van der Waals surface area contributed by atoms with Crippen LogP contribution in [0.1, 0.15) is 31.9 Å². The molecule has 0 saturated carbocycles. The van der Waals surface area contributed by atoms with Gasteiger partial charge in [0.05, 0.1) is 11.6 Å². The number of ether oxygens (including phenoxy) is 1. The number of hydrogen-bond acceptors (Lipinski definition) is 2. The average Bonchev–Trinajstić information content (AvgIpc) is 2.01. The Labute approximate surface area is 85.1 Å². The van der Waals surface area contributed by atoms with Crippen LogP contribution in [-0.2, 0) is 0 Å². The van der Waals surface area contributed by atoms with Crippen molar-refractivity contribution in [2.24, 2.45) is 0 Å². The van der Waals surface area contributed by atoms with Gasteiger partial charge in [-0.15, -0.1) is 0 Å². The van der Waals surface area contributed by atoms with Crippen molar-refractivity contribution in [1.82, 2.24) is 0 Å². The van der Waals surface area contributed by atoms with Crippen molar-refractivity contribution in [3.8, 4) is 11.8 Å². The lowest BCUT2D eigenvalue weighted by molar-refractivity contribution is 0.131. The molecule has 0 heterocycles. The van der Waals surface area contributed by atoms with Crippen LogP contribution in [-0.4, -0.2) is 5.60 Å². The zero-order valence-electron chi connectivity index (χ0n) is 9.09. The van der Waals surface area contributed by atoms with Crippen molar-refractivity contribution in [2.75, 3.05) is 0 Å². The normalized spacial score (nSPS) is 10.8. The van der Waals surface area contributed by atoms with Gasteiger partial charge in [0.2, 0.25) is 0 Å². The van der Waals surface area contributed by atoms with Crippen LogP contribution in [0.25, 0.3) is 0 Å². The Kier molecular flexibility index (Phi) is 2.81. The number of rotatable bonds is 1. The van der Waals surface area contributed by atoms with E-state index in [0.29, 0.717) is 5.56 Å². The molecule has 1 aromatic rings. The van der Waals surface area contributed by atoms with Gasteiger partial charge in [0.25, 0.3) is 0 Å². The van der Waals surface area contributed by atoms with E-state index in [0.717, 1.165) is 11.3 Å². The predicted octanol–water partition coefficient (Wildman–Crippen LogP) is 3.04. The standard InChI is InChI=1S/C12H15NO/c1-9-7-11(14-12(2,3)4)6-5-10(9)8-13/h5-7H,1-4H3. The van der Waals surface area contributed by atoms with Crippen LogP contribution >= 0.6 is 0 Å². The van der Waals surface area contributed by atoms with E-state index in [9.17, 15) is 0 Å². The SMILES string of the molecule is Cc1cc(OC(C)(C)C)ccc1C#N. The molecule has 74 valence electrons. The number of aryl methyl sites for hydroxylation is 1. The summed E-state index contributed by atoms with van der Waals surface area (Å²) in [5.41, 5.74) is 1.46. The Morgan fingerprint density at radius 3 is 2.36 bits per heavy atom. The summed E-state index contributed by atoms with van der Waals surface area (Å²) in [6, 6.07) is 7.64. The summed E-state index contributed by atoms with van der Waals surface area (Å²) in [5, 5.41) is 8.75. The summed E-state index contributed by atoms with van der Waals surface area (Å²) in [7, 11) is 0. The fraction of sp³-hybridized carbons (Fsp3) is 0.417. The summed E-state index contributed by atoms with van der Waals surface area (Å²) in [4.78, 5) is 0.